The van der Waals surface area contributed by atoms with Crippen molar-refractivity contribution in [2.45, 2.75) is 6.54 Å². The smallest absolute Gasteiger partial charge is 0.197 e. The van der Waals surface area contributed by atoms with E-state index in [2.05, 4.69) is 10.3 Å². The summed E-state index contributed by atoms with van der Waals surface area (Å²) in [7, 11) is 0. The highest BCUT2D eigenvalue weighted by molar-refractivity contribution is 6.13. The van der Waals surface area contributed by atoms with Crippen LogP contribution < -0.4 is 5.32 Å². The molecule has 0 atom stereocenters. The van der Waals surface area contributed by atoms with Crippen molar-refractivity contribution < 1.29 is 4.79 Å². The third-order valence-electron chi connectivity index (χ3n) is 2.76. The van der Waals surface area contributed by atoms with Crippen LogP contribution in [0.5, 0.6) is 0 Å². The third kappa shape index (κ3) is 1.29. The van der Waals surface area contributed by atoms with Gasteiger partial charge >= 0.3 is 0 Å². The van der Waals surface area contributed by atoms with Gasteiger partial charge in [0.05, 0.1) is 5.56 Å². The molecule has 3 heteroatoms. The van der Waals surface area contributed by atoms with Gasteiger partial charge in [-0.25, -0.2) is 4.98 Å². The lowest BCUT2D eigenvalue weighted by Crippen LogP contribution is -2.03. The van der Waals surface area contributed by atoms with Crippen molar-refractivity contribution in [1.82, 2.24) is 4.98 Å². The Morgan fingerprint density at radius 2 is 1.88 bits per heavy atom. The number of nitrogens with one attached hydrogen (secondary N) is 1. The maximum Gasteiger partial charge on any atom is 0.197 e. The summed E-state index contributed by atoms with van der Waals surface area (Å²) in [4.78, 5) is 16.4. The standard InChI is InChI=1S/C13H10N2O/c16-12-10-5-2-1-4-9(10)8-15-13-11(12)6-3-7-14-13/h1-7H,8H2,(H,14,15). The first-order chi connectivity index (χ1) is 7.86. The van der Waals surface area contributed by atoms with Gasteiger partial charge in [-0.2, -0.15) is 0 Å². The van der Waals surface area contributed by atoms with Crippen LogP contribution in [-0.4, -0.2) is 10.8 Å². The number of ketones is 1. The average molecular weight is 210 g/mol. The van der Waals surface area contributed by atoms with Crippen LogP contribution in [-0.2, 0) is 6.54 Å². The van der Waals surface area contributed by atoms with Gasteiger partial charge in [0.25, 0.3) is 0 Å². The summed E-state index contributed by atoms with van der Waals surface area (Å²) in [6.07, 6.45) is 1.69. The van der Waals surface area contributed by atoms with E-state index < -0.39 is 0 Å². The molecule has 2 aromatic rings. The number of pyridine rings is 1. The molecule has 0 unspecified atom stereocenters. The Kier molecular flexibility index (Phi) is 1.96. The van der Waals surface area contributed by atoms with Gasteiger partial charge in [-0.1, -0.05) is 24.3 Å². The number of fused-ring (bicyclic) bond motifs is 2. The minimum absolute atomic E-state index is 0.0451. The lowest BCUT2D eigenvalue weighted by molar-refractivity contribution is 0.103. The van der Waals surface area contributed by atoms with Crippen LogP contribution in [0.25, 0.3) is 0 Å². The van der Waals surface area contributed by atoms with E-state index in [1.165, 1.54) is 0 Å². The van der Waals surface area contributed by atoms with E-state index in [1.54, 1.807) is 18.3 Å². The SMILES string of the molecule is O=C1c2ccccc2CNc2ncccc21. The number of hydrogen-bond donors (Lipinski definition) is 1. The van der Waals surface area contributed by atoms with Gasteiger partial charge in [-0.15, -0.1) is 0 Å². The zero-order valence-corrected chi connectivity index (χ0v) is 8.60. The van der Waals surface area contributed by atoms with E-state index in [4.69, 9.17) is 0 Å². The lowest BCUT2D eigenvalue weighted by atomic mass is 10.0. The predicted octanol–water partition coefficient (Wildman–Crippen LogP) is 2.24. The first-order valence-electron chi connectivity index (χ1n) is 5.18. The first-order valence-corrected chi connectivity index (χ1v) is 5.18. The number of benzene rings is 1. The van der Waals surface area contributed by atoms with Crippen molar-refractivity contribution in [2.75, 3.05) is 5.32 Å². The molecular formula is C13H10N2O. The molecule has 78 valence electrons. The molecule has 0 fully saturated rings. The van der Waals surface area contributed by atoms with Gasteiger partial charge < -0.3 is 5.32 Å². The minimum Gasteiger partial charge on any atom is -0.365 e. The Hall–Kier alpha value is -2.16. The van der Waals surface area contributed by atoms with E-state index in [0.29, 0.717) is 17.9 Å². The van der Waals surface area contributed by atoms with Crippen LogP contribution in [0.4, 0.5) is 5.82 Å². The monoisotopic (exact) mass is 210 g/mol. The second-order valence-electron chi connectivity index (χ2n) is 3.74. The normalized spacial score (nSPS) is 13.4. The minimum atomic E-state index is 0.0451. The second-order valence-corrected chi connectivity index (χ2v) is 3.74. The summed E-state index contributed by atoms with van der Waals surface area (Å²) in [6.45, 7) is 0.645. The molecule has 0 spiro atoms. The highest BCUT2D eigenvalue weighted by Gasteiger charge is 2.20. The molecule has 1 aromatic carbocycles. The number of hydrogen-bond acceptors (Lipinski definition) is 3. The number of anilines is 1. The topological polar surface area (TPSA) is 42.0 Å². The summed E-state index contributed by atoms with van der Waals surface area (Å²) in [5, 5.41) is 3.18. The molecular weight excluding hydrogens is 200 g/mol. The Morgan fingerprint density at radius 3 is 2.81 bits per heavy atom. The van der Waals surface area contributed by atoms with Gasteiger partial charge in [-0.3, -0.25) is 4.79 Å². The van der Waals surface area contributed by atoms with Crippen molar-refractivity contribution in [2.24, 2.45) is 0 Å². The Balaban J connectivity index is 2.22. The Labute approximate surface area is 93.1 Å². The van der Waals surface area contributed by atoms with Crippen LogP contribution in [0, 0.1) is 0 Å². The van der Waals surface area contributed by atoms with E-state index in [0.717, 1.165) is 11.1 Å². The molecule has 0 aliphatic carbocycles. The number of carbonyl (C=O) groups is 1. The Morgan fingerprint density at radius 1 is 1.06 bits per heavy atom. The van der Waals surface area contributed by atoms with E-state index in [9.17, 15) is 4.79 Å². The molecule has 0 amide bonds. The highest BCUT2D eigenvalue weighted by atomic mass is 16.1. The molecule has 1 aliphatic rings. The van der Waals surface area contributed by atoms with Gasteiger partial charge in [0.15, 0.2) is 5.78 Å². The summed E-state index contributed by atoms with van der Waals surface area (Å²) < 4.78 is 0. The highest BCUT2D eigenvalue weighted by Crippen LogP contribution is 2.23. The fourth-order valence-electron chi connectivity index (χ4n) is 1.95. The van der Waals surface area contributed by atoms with E-state index >= 15 is 0 Å². The van der Waals surface area contributed by atoms with Crippen LogP contribution in [0.2, 0.25) is 0 Å². The molecule has 0 saturated heterocycles. The molecule has 16 heavy (non-hydrogen) atoms. The van der Waals surface area contributed by atoms with Gasteiger partial charge in [0.2, 0.25) is 0 Å². The Bertz CT molecular complexity index is 514. The molecule has 2 heterocycles. The molecule has 0 radical (unpaired) electrons. The summed E-state index contributed by atoms with van der Waals surface area (Å²) >= 11 is 0. The average Bonchev–Trinajstić information content (AvgIpc) is 2.49. The van der Waals surface area contributed by atoms with Crippen LogP contribution in [0.3, 0.4) is 0 Å². The quantitative estimate of drug-likeness (QED) is 0.725. The van der Waals surface area contributed by atoms with Gasteiger partial charge in [-0.05, 0) is 17.7 Å². The number of carbonyl (C=O) groups excluding carboxylic acids is 1. The molecule has 3 rings (SSSR count). The first kappa shape index (κ1) is 9.09. The van der Waals surface area contributed by atoms with Crippen LogP contribution in [0.15, 0.2) is 42.6 Å². The van der Waals surface area contributed by atoms with Crippen molar-refractivity contribution >= 4 is 11.6 Å². The maximum absolute atomic E-state index is 12.2. The largest absolute Gasteiger partial charge is 0.365 e. The van der Waals surface area contributed by atoms with Gasteiger partial charge in [0, 0.05) is 18.3 Å². The van der Waals surface area contributed by atoms with Crippen molar-refractivity contribution in [3.63, 3.8) is 0 Å². The number of rotatable bonds is 0. The molecule has 3 nitrogen and oxygen atoms in total. The zero-order chi connectivity index (χ0) is 11.0. The maximum atomic E-state index is 12.2. The second kappa shape index (κ2) is 3.45. The van der Waals surface area contributed by atoms with Gasteiger partial charge in [0.1, 0.15) is 5.82 Å². The zero-order valence-electron chi connectivity index (χ0n) is 8.60. The summed E-state index contributed by atoms with van der Waals surface area (Å²) in [5.41, 5.74) is 2.43. The predicted molar refractivity (Wildman–Crippen MR) is 61.4 cm³/mol. The summed E-state index contributed by atoms with van der Waals surface area (Å²) in [6, 6.07) is 11.2. The van der Waals surface area contributed by atoms with E-state index in [1.807, 2.05) is 24.3 Å². The molecule has 0 bridgehead atoms. The molecule has 0 saturated carbocycles. The van der Waals surface area contributed by atoms with Crippen molar-refractivity contribution in [3.8, 4) is 0 Å². The van der Waals surface area contributed by atoms with E-state index in [-0.39, 0.29) is 5.78 Å². The third-order valence-corrected chi connectivity index (χ3v) is 2.76. The number of aromatic nitrogens is 1. The fourth-order valence-corrected chi connectivity index (χ4v) is 1.95. The molecule has 1 aliphatic heterocycles. The number of nitrogens with zero attached hydrogens (tertiary/aromatic N) is 1. The summed E-state index contributed by atoms with van der Waals surface area (Å²) in [5.74, 6) is 0.715. The lowest BCUT2D eigenvalue weighted by Gasteiger charge is -2.03. The van der Waals surface area contributed by atoms with Crippen LogP contribution >= 0.6 is 0 Å². The van der Waals surface area contributed by atoms with Crippen molar-refractivity contribution in [1.29, 1.82) is 0 Å². The van der Waals surface area contributed by atoms with Crippen LogP contribution in [0.1, 0.15) is 21.5 Å². The molecule has 1 aromatic heterocycles. The van der Waals surface area contributed by atoms with Crippen molar-refractivity contribution in [3.05, 3.63) is 59.3 Å². The fraction of sp³-hybridized carbons (Fsp3) is 0.0769. The molecule has 1 N–H and O–H groups in total.